The smallest absolute Gasteiger partial charge is 0.358 e. The summed E-state index contributed by atoms with van der Waals surface area (Å²) in [5.41, 5.74) is -0.331. The highest BCUT2D eigenvalue weighted by Gasteiger charge is 2.22. The number of carboxylic acids is 1. The van der Waals surface area contributed by atoms with Crippen molar-refractivity contribution in [3.05, 3.63) is 65.6 Å². The van der Waals surface area contributed by atoms with Crippen LogP contribution in [0.15, 0.2) is 42.5 Å². The largest absolute Gasteiger partial charge is 0.476 e. The van der Waals surface area contributed by atoms with Crippen molar-refractivity contribution in [2.75, 3.05) is 0 Å². The lowest BCUT2D eigenvalue weighted by atomic mass is 10.1. The molecule has 0 aliphatic carbocycles. The number of rotatable bonds is 3. The van der Waals surface area contributed by atoms with Gasteiger partial charge in [0.25, 0.3) is 0 Å². The van der Waals surface area contributed by atoms with Crippen LogP contribution in [-0.2, 0) is 0 Å². The van der Waals surface area contributed by atoms with Gasteiger partial charge in [-0.25, -0.2) is 22.6 Å². The molecule has 3 aromatic rings. The Kier molecular flexibility index (Phi) is 3.57. The molecule has 0 saturated heterocycles. The lowest BCUT2D eigenvalue weighted by Crippen LogP contribution is -2.04. The molecule has 23 heavy (non-hydrogen) atoms. The molecule has 0 amide bonds. The van der Waals surface area contributed by atoms with Crippen molar-refractivity contribution in [3.8, 4) is 16.9 Å². The second-order valence-corrected chi connectivity index (χ2v) is 4.64. The van der Waals surface area contributed by atoms with E-state index in [9.17, 15) is 23.1 Å². The molecular weight excluding hydrogens is 311 g/mol. The average molecular weight is 319 g/mol. The molecule has 8 heteroatoms. The predicted molar refractivity (Wildman–Crippen MR) is 73.6 cm³/mol. The molecule has 0 spiro atoms. The van der Waals surface area contributed by atoms with Gasteiger partial charge in [-0.05, 0) is 36.4 Å². The summed E-state index contributed by atoms with van der Waals surface area (Å²) in [4.78, 5) is 11.3. The van der Waals surface area contributed by atoms with Crippen LogP contribution in [0.25, 0.3) is 16.9 Å². The summed E-state index contributed by atoms with van der Waals surface area (Å²) in [6.07, 6.45) is 0. The predicted octanol–water partition coefficient (Wildman–Crippen LogP) is 3.05. The molecule has 0 saturated carbocycles. The minimum absolute atomic E-state index is 0.0470. The van der Waals surface area contributed by atoms with E-state index in [-0.39, 0.29) is 11.3 Å². The Morgan fingerprint density at radius 3 is 2.13 bits per heavy atom. The number of benzene rings is 2. The molecule has 1 aromatic heterocycles. The lowest BCUT2D eigenvalue weighted by Gasteiger charge is -2.08. The second kappa shape index (κ2) is 5.56. The van der Waals surface area contributed by atoms with Gasteiger partial charge in [0.05, 0.1) is 5.69 Å². The molecule has 0 aliphatic rings. The van der Waals surface area contributed by atoms with Crippen LogP contribution >= 0.6 is 0 Å². The van der Waals surface area contributed by atoms with Crippen molar-refractivity contribution in [3.63, 3.8) is 0 Å². The minimum atomic E-state index is -1.40. The molecule has 0 unspecified atom stereocenters. The first-order valence-electron chi connectivity index (χ1n) is 6.37. The summed E-state index contributed by atoms with van der Waals surface area (Å²) in [5.74, 6) is -3.64. The molecule has 0 radical (unpaired) electrons. The first-order chi connectivity index (χ1) is 11.0. The number of aromatic nitrogens is 3. The third-order valence-electron chi connectivity index (χ3n) is 3.08. The van der Waals surface area contributed by atoms with Crippen LogP contribution in [0.2, 0.25) is 0 Å². The van der Waals surface area contributed by atoms with E-state index in [2.05, 4.69) is 10.3 Å². The van der Waals surface area contributed by atoms with Crippen molar-refractivity contribution < 1.29 is 23.1 Å². The summed E-state index contributed by atoms with van der Waals surface area (Å²) < 4.78 is 41.0. The molecule has 0 aliphatic heterocycles. The van der Waals surface area contributed by atoms with E-state index in [1.54, 1.807) is 0 Å². The molecular formula is C15H8F3N3O2. The Hall–Kier alpha value is -3.16. The van der Waals surface area contributed by atoms with Gasteiger partial charge in [-0.15, -0.1) is 5.10 Å². The van der Waals surface area contributed by atoms with Crippen LogP contribution in [0.4, 0.5) is 13.2 Å². The number of carbonyl (C=O) groups is 1. The van der Waals surface area contributed by atoms with Crippen LogP contribution in [-0.4, -0.2) is 26.1 Å². The fourth-order valence-electron chi connectivity index (χ4n) is 2.14. The fourth-order valence-corrected chi connectivity index (χ4v) is 2.14. The van der Waals surface area contributed by atoms with Gasteiger partial charge in [0.1, 0.15) is 23.1 Å². The van der Waals surface area contributed by atoms with Crippen molar-refractivity contribution in [2.45, 2.75) is 0 Å². The Labute approximate surface area is 127 Å². The number of hydrogen-bond donors (Lipinski definition) is 1. The Balaban J connectivity index is 2.26. The number of carboxylic acid groups (broad SMARTS) is 1. The van der Waals surface area contributed by atoms with Crippen molar-refractivity contribution in [1.29, 1.82) is 0 Å². The van der Waals surface area contributed by atoms with E-state index in [4.69, 9.17) is 0 Å². The van der Waals surface area contributed by atoms with Gasteiger partial charge >= 0.3 is 5.97 Å². The standard InChI is InChI=1S/C15H8F3N3O2/c16-9-1-3-12(4-2-9)21-14(13(15(22)23)19-20-21)8-5-10(17)7-11(18)6-8/h1-7H,(H,22,23). The van der Waals surface area contributed by atoms with Crippen molar-refractivity contribution >= 4 is 5.97 Å². The summed E-state index contributed by atoms with van der Waals surface area (Å²) in [6, 6.07) is 7.57. The lowest BCUT2D eigenvalue weighted by molar-refractivity contribution is 0.0691. The van der Waals surface area contributed by atoms with E-state index < -0.39 is 29.1 Å². The number of aromatic carboxylic acids is 1. The quantitative estimate of drug-likeness (QED) is 0.805. The molecule has 116 valence electrons. The van der Waals surface area contributed by atoms with Crippen LogP contribution in [0.3, 0.4) is 0 Å². The Bertz CT molecular complexity index is 871. The third-order valence-corrected chi connectivity index (χ3v) is 3.08. The van der Waals surface area contributed by atoms with Crippen molar-refractivity contribution in [1.82, 2.24) is 15.0 Å². The summed E-state index contributed by atoms with van der Waals surface area (Å²) in [6.45, 7) is 0. The van der Waals surface area contributed by atoms with E-state index in [0.29, 0.717) is 11.8 Å². The third kappa shape index (κ3) is 2.78. The van der Waals surface area contributed by atoms with Crippen LogP contribution in [0, 0.1) is 17.5 Å². The number of nitrogens with zero attached hydrogens (tertiary/aromatic N) is 3. The maximum absolute atomic E-state index is 13.5. The Morgan fingerprint density at radius 1 is 0.957 bits per heavy atom. The molecule has 0 atom stereocenters. The van der Waals surface area contributed by atoms with Crippen LogP contribution < -0.4 is 0 Å². The first kappa shape index (κ1) is 14.8. The summed E-state index contributed by atoms with van der Waals surface area (Å²) in [7, 11) is 0. The van der Waals surface area contributed by atoms with E-state index in [1.165, 1.54) is 12.1 Å². The highest BCUT2D eigenvalue weighted by Crippen LogP contribution is 2.27. The summed E-state index contributed by atoms with van der Waals surface area (Å²) >= 11 is 0. The van der Waals surface area contributed by atoms with Gasteiger partial charge in [0.2, 0.25) is 0 Å². The molecule has 2 aromatic carbocycles. The molecule has 0 fully saturated rings. The topological polar surface area (TPSA) is 68.0 Å². The zero-order valence-corrected chi connectivity index (χ0v) is 11.4. The highest BCUT2D eigenvalue weighted by atomic mass is 19.1. The number of halogens is 3. The molecule has 0 bridgehead atoms. The van der Waals surface area contributed by atoms with Gasteiger partial charge in [-0.1, -0.05) is 5.21 Å². The van der Waals surface area contributed by atoms with Gasteiger partial charge in [-0.2, -0.15) is 0 Å². The average Bonchev–Trinajstić information content (AvgIpc) is 2.92. The second-order valence-electron chi connectivity index (χ2n) is 4.64. The zero-order valence-electron chi connectivity index (χ0n) is 11.4. The van der Waals surface area contributed by atoms with Crippen molar-refractivity contribution in [2.24, 2.45) is 0 Å². The van der Waals surface area contributed by atoms with E-state index >= 15 is 0 Å². The monoisotopic (exact) mass is 319 g/mol. The minimum Gasteiger partial charge on any atom is -0.476 e. The van der Waals surface area contributed by atoms with Gasteiger partial charge in [0, 0.05) is 11.6 Å². The molecule has 1 N–H and O–H groups in total. The summed E-state index contributed by atoms with van der Waals surface area (Å²) in [5, 5.41) is 16.4. The van der Waals surface area contributed by atoms with Crippen LogP contribution in [0.5, 0.6) is 0 Å². The molecule has 1 heterocycles. The SMILES string of the molecule is O=C(O)c1nnn(-c2ccc(F)cc2)c1-c1cc(F)cc(F)c1. The normalized spacial score (nSPS) is 10.7. The molecule has 3 rings (SSSR count). The highest BCUT2D eigenvalue weighted by molar-refractivity contribution is 5.93. The zero-order chi connectivity index (χ0) is 16.6. The van der Waals surface area contributed by atoms with Gasteiger partial charge in [0.15, 0.2) is 5.69 Å². The number of hydrogen-bond acceptors (Lipinski definition) is 3. The fraction of sp³-hybridized carbons (Fsp3) is 0. The maximum atomic E-state index is 13.5. The Morgan fingerprint density at radius 2 is 1.57 bits per heavy atom. The molecule has 5 nitrogen and oxygen atoms in total. The van der Waals surface area contributed by atoms with Gasteiger partial charge < -0.3 is 5.11 Å². The van der Waals surface area contributed by atoms with E-state index in [1.807, 2.05) is 0 Å². The van der Waals surface area contributed by atoms with Crippen LogP contribution in [0.1, 0.15) is 10.5 Å². The first-order valence-corrected chi connectivity index (χ1v) is 6.37. The maximum Gasteiger partial charge on any atom is 0.358 e. The van der Waals surface area contributed by atoms with Gasteiger partial charge in [-0.3, -0.25) is 0 Å². The van der Waals surface area contributed by atoms with E-state index in [0.717, 1.165) is 28.9 Å².